The molecular formula is C6H13S. The molecule has 0 aliphatic rings. The fraction of sp³-hybridized carbons (Fsp3) is 1.00. The van der Waals surface area contributed by atoms with Crippen molar-refractivity contribution in [3.8, 4) is 0 Å². The van der Waals surface area contributed by atoms with E-state index < -0.39 is 0 Å². The minimum atomic E-state index is 0.134. The quantitative estimate of drug-likeness (QED) is 0.521. The van der Waals surface area contributed by atoms with E-state index in [4.69, 9.17) is 12.6 Å². The SMILES string of the molecule is CCCC(C)(C)[S]. The van der Waals surface area contributed by atoms with Gasteiger partial charge in [0.25, 0.3) is 0 Å². The Morgan fingerprint density at radius 3 is 1.86 bits per heavy atom. The highest BCUT2D eigenvalue weighted by Crippen LogP contribution is 2.17. The minimum absolute atomic E-state index is 0.134. The van der Waals surface area contributed by atoms with E-state index in [0.717, 1.165) is 6.42 Å². The summed E-state index contributed by atoms with van der Waals surface area (Å²) in [7, 11) is 0. The number of hydrogen-bond acceptors (Lipinski definition) is 0. The minimum Gasteiger partial charge on any atom is -0.0873 e. The van der Waals surface area contributed by atoms with E-state index >= 15 is 0 Å². The van der Waals surface area contributed by atoms with Crippen molar-refractivity contribution in [1.29, 1.82) is 0 Å². The Labute approximate surface area is 51.7 Å². The second-order valence-electron chi connectivity index (χ2n) is 2.51. The Balaban J connectivity index is 3.15. The van der Waals surface area contributed by atoms with E-state index in [2.05, 4.69) is 20.8 Å². The highest BCUT2D eigenvalue weighted by Gasteiger charge is 2.08. The lowest BCUT2D eigenvalue weighted by Gasteiger charge is -2.12. The van der Waals surface area contributed by atoms with Crippen LogP contribution in [0.25, 0.3) is 0 Å². The molecule has 0 aromatic heterocycles. The Kier molecular flexibility index (Phi) is 2.74. The summed E-state index contributed by atoms with van der Waals surface area (Å²) >= 11 is 5.08. The predicted octanol–water partition coefficient (Wildman–Crippen LogP) is 2.76. The van der Waals surface area contributed by atoms with Gasteiger partial charge in [0.15, 0.2) is 0 Å². The van der Waals surface area contributed by atoms with E-state index in [0.29, 0.717) is 0 Å². The Morgan fingerprint density at radius 2 is 1.86 bits per heavy atom. The first-order chi connectivity index (χ1) is 3.06. The maximum absolute atomic E-state index is 5.08. The molecule has 0 spiro atoms. The van der Waals surface area contributed by atoms with Crippen LogP contribution in [0.15, 0.2) is 0 Å². The smallest absolute Gasteiger partial charge is 0.0207 e. The van der Waals surface area contributed by atoms with Crippen molar-refractivity contribution in [2.45, 2.75) is 38.4 Å². The van der Waals surface area contributed by atoms with Crippen molar-refractivity contribution < 1.29 is 0 Å². The highest BCUT2D eigenvalue weighted by atomic mass is 32.1. The van der Waals surface area contributed by atoms with Gasteiger partial charge in [-0.3, -0.25) is 0 Å². The molecule has 0 aromatic rings. The first-order valence-electron chi connectivity index (χ1n) is 2.76. The van der Waals surface area contributed by atoms with E-state index in [1.807, 2.05) is 0 Å². The molecule has 0 aliphatic carbocycles. The van der Waals surface area contributed by atoms with Gasteiger partial charge in [-0.05, 0) is 20.3 Å². The zero-order valence-corrected chi connectivity index (χ0v) is 6.14. The second kappa shape index (κ2) is 2.61. The molecule has 7 heavy (non-hydrogen) atoms. The summed E-state index contributed by atoms with van der Waals surface area (Å²) in [6.45, 7) is 6.34. The Morgan fingerprint density at radius 1 is 1.43 bits per heavy atom. The summed E-state index contributed by atoms with van der Waals surface area (Å²) in [6, 6.07) is 0. The third-order valence-corrected chi connectivity index (χ3v) is 1.06. The van der Waals surface area contributed by atoms with E-state index in [9.17, 15) is 0 Å². The van der Waals surface area contributed by atoms with E-state index in [-0.39, 0.29) is 4.75 Å². The highest BCUT2D eigenvalue weighted by molar-refractivity contribution is 7.81. The van der Waals surface area contributed by atoms with Crippen molar-refractivity contribution in [2.75, 3.05) is 0 Å². The van der Waals surface area contributed by atoms with Gasteiger partial charge in [0.05, 0.1) is 0 Å². The maximum Gasteiger partial charge on any atom is 0.0207 e. The van der Waals surface area contributed by atoms with Crippen molar-refractivity contribution in [3.05, 3.63) is 0 Å². The van der Waals surface area contributed by atoms with Crippen LogP contribution >= 0.6 is 12.6 Å². The normalized spacial score (nSPS) is 12.0. The zero-order chi connectivity index (χ0) is 5.91. The fourth-order valence-corrected chi connectivity index (χ4v) is 0.806. The Hall–Kier alpha value is 0.350. The zero-order valence-electron chi connectivity index (χ0n) is 5.32. The molecule has 0 nitrogen and oxygen atoms in total. The second-order valence-corrected chi connectivity index (χ2v) is 3.61. The molecule has 1 heteroatoms. The van der Waals surface area contributed by atoms with Crippen LogP contribution in [0.4, 0.5) is 0 Å². The van der Waals surface area contributed by atoms with Crippen LogP contribution in [-0.2, 0) is 0 Å². The predicted molar refractivity (Wildman–Crippen MR) is 36.6 cm³/mol. The fourth-order valence-electron chi connectivity index (χ4n) is 0.602. The molecule has 0 saturated heterocycles. The van der Waals surface area contributed by atoms with E-state index in [1.54, 1.807) is 0 Å². The van der Waals surface area contributed by atoms with Crippen molar-refractivity contribution in [1.82, 2.24) is 0 Å². The summed E-state index contributed by atoms with van der Waals surface area (Å²) < 4.78 is 0.134. The molecule has 0 bridgehead atoms. The molecule has 0 N–H and O–H groups in total. The van der Waals surface area contributed by atoms with Crippen molar-refractivity contribution >= 4 is 12.6 Å². The van der Waals surface area contributed by atoms with Crippen LogP contribution < -0.4 is 0 Å². The van der Waals surface area contributed by atoms with Gasteiger partial charge in [-0.2, -0.15) is 0 Å². The van der Waals surface area contributed by atoms with Gasteiger partial charge >= 0.3 is 0 Å². The van der Waals surface area contributed by atoms with Crippen LogP contribution in [0.5, 0.6) is 0 Å². The van der Waals surface area contributed by atoms with Gasteiger partial charge in [-0.15, -0.1) is 0 Å². The molecule has 0 rings (SSSR count). The van der Waals surface area contributed by atoms with E-state index in [1.165, 1.54) is 6.42 Å². The molecule has 0 unspecified atom stereocenters. The van der Waals surface area contributed by atoms with Gasteiger partial charge < -0.3 is 0 Å². The Bertz CT molecular complexity index is 42.6. The molecule has 0 aromatic carbocycles. The molecule has 0 amide bonds. The van der Waals surface area contributed by atoms with Crippen LogP contribution in [0.1, 0.15) is 33.6 Å². The lowest BCUT2D eigenvalue weighted by molar-refractivity contribution is 0.632. The summed E-state index contributed by atoms with van der Waals surface area (Å²) in [5, 5.41) is 0. The largest absolute Gasteiger partial charge is 0.0873 e. The summed E-state index contributed by atoms with van der Waals surface area (Å²) in [6.07, 6.45) is 2.36. The molecule has 0 fully saturated rings. The third-order valence-electron chi connectivity index (χ3n) is 0.852. The average Bonchev–Trinajstić information content (AvgIpc) is 1.30. The van der Waals surface area contributed by atoms with Crippen molar-refractivity contribution in [2.24, 2.45) is 0 Å². The average molecular weight is 117 g/mol. The molecular weight excluding hydrogens is 104 g/mol. The van der Waals surface area contributed by atoms with Gasteiger partial charge in [0.2, 0.25) is 0 Å². The standard InChI is InChI=1S/C6H13S/c1-4-5-6(2,3)7/h4-5H2,1-3H3. The summed E-state index contributed by atoms with van der Waals surface area (Å²) in [4.78, 5) is 0. The molecule has 1 radical (unpaired) electrons. The number of hydrogen-bond donors (Lipinski definition) is 0. The number of rotatable bonds is 2. The molecule has 43 valence electrons. The molecule has 0 saturated carbocycles. The van der Waals surface area contributed by atoms with Gasteiger partial charge in [-0.1, -0.05) is 26.0 Å². The van der Waals surface area contributed by atoms with Crippen molar-refractivity contribution in [3.63, 3.8) is 0 Å². The van der Waals surface area contributed by atoms with Gasteiger partial charge in [-0.25, -0.2) is 0 Å². The monoisotopic (exact) mass is 117 g/mol. The maximum atomic E-state index is 5.08. The van der Waals surface area contributed by atoms with Crippen LogP contribution in [-0.4, -0.2) is 4.75 Å². The first kappa shape index (κ1) is 7.35. The van der Waals surface area contributed by atoms with Crippen LogP contribution in [0.3, 0.4) is 0 Å². The molecule has 0 aliphatic heterocycles. The lowest BCUT2D eigenvalue weighted by Crippen LogP contribution is -2.08. The topological polar surface area (TPSA) is 0 Å². The van der Waals surface area contributed by atoms with Gasteiger partial charge in [0, 0.05) is 4.75 Å². The summed E-state index contributed by atoms with van der Waals surface area (Å²) in [5.41, 5.74) is 0. The third kappa shape index (κ3) is 6.35. The molecule has 0 heterocycles. The summed E-state index contributed by atoms with van der Waals surface area (Å²) in [5.74, 6) is 0. The first-order valence-corrected chi connectivity index (χ1v) is 3.17. The lowest BCUT2D eigenvalue weighted by atomic mass is 10.1. The molecule has 0 atom stereocenters. The van der Waals surface area contributed by atoms with Gasteiger partial charge in [0.1, 0.15) is 0 Å². The van der Waals surface area contributed by atoms with Crippen LogP contribution in [0.2, 0.25) is 0 Å². The van der Waals surface area contributed by atoms with Crippen LogP contribution in [0, 0.1) is 0 Å².